The van der Waals surface area contributed by atoms with E-state index in [1.54, 1.807) is 0 Å². The third-order valence-electron chi connectivity index (χ3n) is 3.66. The van der Waals surface area contributed by atoms with E-state index in [0.717, 1.165) is 18.7 Å². The lowest BCUT2D eigenvalue weighted by Crippen LogP contribution is -2.49. The molecule has 1 aromatic carbocycles. The molecule has 0 radical (unpaired) electrons. The Kier molecular flexibility index (Phi) is 3.36. The predicted octanol–water partition coefficient (Wildman–Crippen LogP) is 1.78. The second-order valence-corrected chi connectivity index (χ2v) is 5.30. The highest BCUT2D eigenvalue weighted by Crippen LogP contribution is 2.24. The Bertz CT molecular complexity index is 531. The highest BCUT2D eigenvalue weighted by molar-refractivity contribution is 5.17. The van der Waals surface area contributed by atoms with Crippen LogP contribution >= 0.6 is 0 Å². The van der Waals surface area contributed by atoms with E-state index in [1.165, 1.54) is 5.56 Å². The zero-order valence-corrected chi connectivity index (χ0v) is 11.1. The molecule has 2 heterocycles. The van der Waals surface area contributed by atoms with Crippen LogP contribution in [0.4, 0.5) is 0 Å². The summed E-state index contributed by atoms with van der Waals surface area (Å²) in [6.07, 6.45) is 3.57. The van der Waals surface area contributed by atoms with E-state index in [-0.39, 0.29) is 0 Å². The fourth-order valence-electron chi connectivity index (χ4n) is 2.52. The molecule has 0 aliphatic carbocycles. The zero-order valence-electron chi connectivity index (χ0n) is 11.1. The number of hydrogen-bond donors (Lipinski definition) is 1. The molecule has 0 saturated carbocycles. The van der Waals surface area contributed by atoms with Crippen LogP contribution in [0.2, 0.25) is 0 Å². The molecule has 19 heavy (non-hydrogen) atoms. The molecule has 1 aromatic heterocycles. The summed E-state index contributed by atoms with van der Waals surface area (Å²) in [6, 6.07) is 10.3. The summed E-state index contributed by atoms with van der Waals surface area (Å²) in [7, 11) is 0. The molecule has 1 fully saturated rings. The van der Waals surface area contributed by atoms with Crippen LogP contribution < -0.4 is 0 Å². The Balaban J connectivity index is 1.52. The van der Waals surface area contributed by atoms with E-state index >= 15 is 0 Å². The molecule has 1 saturated heterocycles. The maximum absolute atomic E-state index is 10.2. The number of aliphatic hydroxyl groups is 1. The summed E-state index contributed by atoms with van der Waals surface area (Å²) >= 11 is 0. The van der Waals surface area contributed by atoms with Crippen molar-refractivity contribution in [2.24, 2.45) is 0 Å². The summed E-state index contributed by atoms with van der Waals surface area (Å²) < 4.78 is 2.03. The van der Waals surface area contributed by atoms with Crippen LogP contribution in [0.25, 0.3) is 0 Å². The van der Waals surface area contributed by atoms with E-state index in [2.05, 4.69) is 23.1 Å². The molecule has 0 amide bonds. The van der Waals surface area contributed by atoms with E-state index in [0.29, 0.717) is 12.6 Å². The van der Waals surface area contributed by atoms with Gasteiger partial charge in [-0.05, 0) is 18.1 Å². The quantitative estimate of drug-likeness (QED) is 0.907. The van der Waals surface area contributed by atoms with Crippen molar-refractivity contribution in [2.45, 2.75) is 19.1 Å². The van der Waals surface area contributed by atoms with Gasteiger partial charge in [0, 0.05) is 25.8 Å². The Labute approximate surface area is 113 Å². The van der Waals surface area contributed by atoms with Crippen LogP contribution in [0.15, 0.2) is 42.7 Å². The van der Waals surface area contributed by atoms with E-state index < -0.39 is 6.10 Å². The summed E-state index contributed by atoms with van der Waals surface area (Å²) in [5, 5.41) is 14.5. The lowest BCUT2D eigenvalue weighted by molar-refractivity contribution is 0.0401. The normalized spacial score (nSPS) is 18.2. The van der Waals surface area contributed by atoms with Crippen molar-refractivity contribution in [1.82, 2.24) is 14.7 Å². The number of β-amino-alcohol motifs (C(OH)–C–C–N with tert-alkyl or cyclic N) is 1. The lowest BCUT2D eigenvalue weighted by atomic mass is 10.1. The van der Waals surface area contributed by atoms with Crippen molar-refractivity contribution in [3.05, 3.63) is 53.9 Å². The average Bonchev–Trinajstić information content (AvgIpc) is 2.80. The van der Waals surface area contributed by atoms with E-state index in [9.17, 15) is 5.11 Å². The van der Waals surface area contributed by atoms with Crippen LogP contribution in [0, 0.1) is 6.92 Å². The van der Waals surface area contributed by atoms with Crippen LogP contribution in [0.5, 0.6) is 0 Å². The number of aryl methyl sites for hydroxylation is 1. The third kappa shape index (κ3) is 2.69. The smallest absolute Gasteiger partial charge is 0.0916 e. The molecular weight excluding hydrogens is 238 g/mol. The fourth-order valence-corrected chi connectivity index (χ4v) is 2.52. The standard InChI is InChI=1S/C15H19N3O/c1-12-7-16-18(8-12)14-9-17(10-14)11-15(19)13-5-3-2-4-6-13/h2-8,14-15,19H,9-11H2,1H3/t15-/m1/s1. The molecule has 1 aliphatic rings. The van der Waals surface area contributed by atoms with Gasteiger partial charge in [-0.15, -0.1) is 0 Å². The highest BCUT2D eigenvalue weighted by atomic mass is 16.3. The minimum Gasteiger partial charge on any atom is -0.387 e. The Morgan fingerprint density at radius 1 is 1.32 bits per heavy atom. The van der Waals surface area contributed by atoms with Crippen molar-refractivity contribution in [3.8, 4) is 0 Å². The first-order chi connectivity index (χ1) is 9.22. The van der Waals surface area contributed by atoms with Gasteiger partial charge in [0.1, 0.15) is 0 Å². The lowest BCUT2D eigenvalue weighted by Gasteiger charge is -2.40. The highest BCUT2D eigenvalue weighted by Gasteiger charge is 2.30. The predicted molar refractivity (Wildman–Crippen MR) is 73.8 cm³/mol. The number of benzene rings is 1. The molecule has 4 nitrogen and oxygen atoms in total. The van der Waals surface area contributed by atoms with Gasteiger partial charge in [0.05, 0.1) is 18.3 Å². The third-order valence-corrected chi connectivity index (χ3v) is 3.66. The molecule has 4 heteroatoms. The molecule has 3 rings (SSSR count). The Hall–Kier alpha value is -1.65. The van der Waals surface area contributed by atoms with Crippen molar-refractivity contribution >= 4 is 0 Å². The fraction of sp³-hybridized carbons (Fsp3) is 0.400. The number of likely N-dealkylation sites (tertiary alicyclic amines) is 1. The van der Waals surface area contributed by atoms with Gasteiger partial charge >= 0.3 is 0 Å². The summed E-state index contributed by atoms with van der Waals surface area (Å²) in [6.45, 7) is 4.68. The minimum atomic E-state index is -0.401. The van der Waals surface area contributed by atoms with Crippen molar-refractivity contribution < 1.29 is 5.11 Å². The van der Waals surface area contributed by atoms with E-state index in [1.807, 2.05) is 41.2 Å². The number of hydrogen-bond acceptors (Lipinski definition) is 3. The average molecular weight is 257 g/mol. The summed E-state index contributed by atoms with van der Waals surface area (Å²) in [5.74, 6) is 0. The maximum atomic E-state index is 10.2. The van der Waals surface area contributed by atoms with Gasteiger partial charge in [-0.25, -0.2) is 0 Å². The van der Waals surface area contributed by atoms with Gasteiger partial charge in [-0.1, -0.05) is 30.3 Å². The van der Waals surface area contributed by atoms with Gasteiger partial charge in [0.15, 0.2) is 0 Å². The molecule has 0 bridgehead atoms. The molecule has 1 atom stereocenters. The van der Waals surface area contributed by atoms with Crippen LogP contribution in [0.3, 0.4) is 0 Å². The SMILES string of the molecule is Cc1cnn(C2CN(C[C@@H](O)c3ccccc3)C2)c1. The maximum Gasteiger partial charge on any atom is 0.0916 e. The van der Waals surface area contributed by atoms with Crippen molar-refractivity contribution in [2.75, 3.05) is 19.6 Å². The topological polar surface area (TPSA) is 41.3 Å². The molecule has 0 spiro atoms. The van der Waals surface area contributed by atoms with Crippen LogP contribution in [0.1, 0.15) is 23.3 Å². The van der Waals surface area contributed by atoms with Gasteiger partial charge < -0.3 is 5.11 Å². The summed E-state index contributed by atoms with van der Waals surface area (Å²) in [4.78, 5) is 2.26. The molecule has 0 unspecified atom stereocenters. The number of aromatic nitrogens is 2. The summed E-state index contributed by atoms with van der Waals surface area (Å²) in [5.41, 5.74) is 2.18. The Morgan fingerprint density at radius 2 is 2.05 bits per heavy atom. The second-order valence-electron chi connectivity index (χ2n) is 5.30. The Morgan fingerprint density at radius 3 is 2.68 bits per heavy atom. The second kappa shape index (κ2) is 5.15. The minimum absolute atomic E-state index is 0.401. The molecule has 1 N–H and O–H groups in total. The first-order valence-electron chi connectivity index (χ1n) is 6.68. The van der Waals surface area contributed by atoms with Gasteiger partial charge in [0.25, 0.3) is 0 Å². The molecule has 2 aromatic rings. The van der Waals surface area contributed by atoms with E-state index in [4.69, 9.17) is 0 Å². The largest absolute Gasteiger partial charge is 0.387 e. The number of aliphatic hydroxyl groups excluding tert-OH is 1. The number of nitrogens with zero attached hydrogens (tertiary/aromatic N) is 3. The van der Waals surface area contributed by atoms with Crippen LogP contribution in [-0.4, -0.2) is 39.4 Å². The van der Waals surface area contributed by atoms with Crippen molar-refractivity contribution in [1.29, 1.82) is 0 Å². The molecule has 100 valence electrons. The van der Waals surface area contributed by atoms with Crippen LogP contribution in [-0.2, 0) is 0 Å². The molecular formula is C15H19N3O. The number of rotatable bonds is 4. The first kappa shape index (κ1) is 12.4. The molecule has 1 aliphatic heterocycles. The van der Waals surface area contributed by atoms with Crippen molar-refractivity contribution in [3.63, 3.8) is 0 Å². The first-order valence-corrected chi connectivity index (χ1v) is 6.68. The monoisotopic (exact) mass is 257 g/mol. The zero-order chi connectivity index (χ0) is 13.2. The van der Waals surface area contributed by atoms with Gasteiger partial charge in [-0.2, -0.15) is 5.10 Å². The van der Waals surface area contributed by atoms with Gasteiger partial charge in [0.2, 0.25) is 0 Å². The van der Waals surface area contributed by atoms with Gasteiger partial charge in [-0.3, -0.25) is 9.58 Å².